The number of anilines is 1. The number of nitrogen functional groups attached to an aromatic ring is 1. The molecule has 2 aromatic rings. The Morgan fingerprint density at radius 2 is 1.80 bits per heavy atom. The Kier molecular flexibility index (Phi) is 3.49. The molecule has 3 N–H and O–H groups in total. The van der Waals surface area contributed by atoms with Crippen LogP contribution in [0.5, 0.6) is 0 Å². The van der Waals surface area contributed by atoms with Gasteiger partial charge < -0.3 is 10.8 Å². The van der Waals surface area contributed by atoms with Crippen LogP contribution >= 0.6 is 0 Å². The second-order valence-electron chi connectivity index (χ2n) is 5.79. The fourth-order valence-corrected chi connectivity index (χ4v) is 2.03. The van der Waals surface area contributed by atoms with Gasteiger partial charge >= 0.3 is 5.97 Å². The maximum Gasteiger partial charge on any atom is 0.336 e. The summed E-state index contributed by atoms with van der Waals surface area (Å²) in [5, 5.41) is 9.25. The van der Waals surface area contributed by atoms with E-state index < -0.39 is 5.97 Å². The molecule has 0 spiro atoms. The summed E-state index contributed by atoms with van der Waals surface area (Å²) in [5.41, 5.74) is 8.37. The van der Waals surface area contributed by atoms with Crippen LogP contribution in [0.4, 0.5) is 5.82 Å². The highest BCUT2D eigenvalue weighted by atomic mass is 16.4. The third-order valence-corrected chi connectivity index (χ3v) is 3.22. The van der Waals surface area contributed by atoms with Gasteiger partial charge in [-0.25, -0.2) is 9.78 Å². The van der Waals surface area contributed by atoms with Gasteiger partial charge in [0.05, 0.1) is 5.56 Å². The molecule has 0 aliphatic carbocycles. The van der Waals surface area contributed by atoms with Crippen LogP contribution in [0.2, 0.25) is 0 Å². The molecule has 0 fully saturated rings. The predicted octanol–water partition coefficient (Wildman–Crippen LogP) is 3.33. The summed E-state index contributed by atoms with van der Waals surface area (Å²) in [5.74, 6) is -0.800. The van der Waals surface area contributed by atoms with E-state index in [0.29, 0.717) is 5.56 Å². The van der Waals surface area contributed by atoms with Gasteiger partial charge in [-0.1, -0.05) is 45.0 Å². The first-order valence-electron chi connectivity index (χ1n) is 6.39. The van der Waals surface area contributed by atoms with Crippen LogP contribution in [0, 0.1) is 0 Å². The van der Waals surface area contributed by atoms with Gasteiger partial charge in [-0.15, -0.1) is 0 Å². The lowest BCUT2D eigenvalue weighted by atomic mass is 9.86. The molecule has 1 heterocycles. The van der Waals surface area contributed by atoms with Crippen molar-refractivity contribution in [2.45, 2.75) is 26.2 Å². The van der Waals surface area contributed by atoms with Gasteiger partial charge in [0.25, 0.3) is 0 Å². The van der Waals surface area contributed by atoms with E-state index in [-0.39, 0.29) is 16.8 Å². The Morgan fingerprint density at radius 3 is 2.30 bits per heavy atom. The number of nitrogens with zero attached hydrogens (tertiary/aromatic N) is 1. The molecular weight excluding hydrogens is 252 g/mol. The smallest absolute Gasteiger partial charge is 0.336 e. The zero-order valence-corrected chi connectivity index (χ0v) is 11.8. The first-order valence-corrected chi connectivity index (χ1v) is 6.39. The topological polar surface area (TPSA) is 76.2 Å². The average Bonchev–Trinajstić information content (AvgIpc) is 2.37. The van der Waals surface area contributed by atoms with Crippen LogP contribution in [-0.2, 0) is 5.41 Å². The summed E-state index contributed by atoms with van der Waals surface area (Å²) < 4.78 is 0. The third-order valence-electron chi connectivity index (χ3n) is 3.22. The molecule has 0 atom stereocenters. The molecule has 20 heavy (non-hydrogen) atoms. The van der Waals surface area contributed by atoms with Crippen molar-refractivity contribution in [3.05, 3.63) is 47.7 Å². The maximum absolute atomic E-state index is 11.3. The fourth-order valence-electron chi connectivity index (χ4n) is 2.03. The Hall–Kier alpha value is -2.36. The second kappa shape index (κ2) is 4.96. The Morgan fingerprint density at radius 1 is 1.20 bits per heavy atom. The molecule has 0 saturated heterocycles. The van der Waals surface area contributed by atoms with Gasteiger partial charge in [0.1, 0.15) is 5.82 Å². The molecule has 2 rings (SSSR count). The molecule has 4 nitrogen and oxygen atoms in total. The molecular formula is C16H18N2O2. The number of hydrogen-bond acceptors (Lipinski definition) is 3. The van der Waals surface area contributed by atoms with Crippen LogP contribution in [0.1, 0.15) is 36.7 Å². The summed E-state index contributed by atoms with van der Waals surface area (Å²) in [6.45, 7) is 6.40. The monoisotopic (exact) mass is 270 g/mol. The number of carbonyl (C=O) groups is 1. The molecule has 0 aliphatic rings. The second-order valence-corrected chi connectivity index (χ2v) is 5.79. The molecule has 4 heteroatoms. The lowest BCUT2D eigenvalue weighted by molar-refractivity contribution is 0.0697. The van der Waals surface area contributed by atoms with Crippen LogP contribution in [0.3, 0.4) is 0 Å². The standard InChI is InChI=1S/C16H18N2O2/c1-16(2,3)11-6-4-10(5-7-11)13-9-18-14(17)8-12(13)15(19)20/h4-9H,1-3H3,(H2,17,18)(H,19,20). The van der Waals surface area contributed by atoms with Crippen LogP contribution in [0.25, 0.3) is 11.1 Å². The van der Waals surface area contributed by atoms with E-state index >= 15 is 0 Å². The summed E-state index contributed by atoms with van der Waals surface area (Å²) in [6.07, 6.45) is 1.50. The number of aromatic nitrogens is 1. The van der Waals surface area contributed by atoms with Crippen molar-refractivity contribution >= 4 is 11.8 Å². The Bertz CT molecular complexity index is 641. The van der Waals surface area contributed by atoms with E-state index in [1.165, 1.54) is 17.8 Å². The number of rotatable bonds is 2. The van der Waals surface area contributed by atoms with E-state index in [9.17, 15) is 9.90 Å². The van der Waals surface area contributed by atoms with Gasteiger partial charge in [0.15, 0.2) is 0 Å². The zero-order chi connectivity index (χ0) is 14.9. The molecule has 0 radical (unpaired) electrons. The SMILES string of the molecule is CC(C)(C)c1ccc(-c2cnc(N)cc2C(=O)O)cc1. The molecule has 0 unspecified atom stereocenters. The molecule has 104 valence electrons. The highest BCUT2D eigenvalue weighted by Gasteiger charge is 2.16. The maximum atomic E-state index is 11.3. The Labute approximate surface area is 118 Å². The molecule has 1 aromatic heterocycles. The minimum atomic E-state index is -1.01. The van der Waals surface area contributed by atoms with Crippen molar-refractivity contribution < 1.29 is 9.90 Å². The first kappa shape index (κ1) is 14.1. The summed E-state index contributed by atoms with van der Waals surface area (Å²) >= 11 is 0. The van der Waals surface area contributed by atoms with E-state index in [0.717, 1.165) is 5.56 Å². The van der Waals surface area contributed by atoms with E-state index in [1.54, 1.807) is 0 Å². The minimum absolute atomic E-state index is 0.0630. The van der Waals surface area contributed by atoms with Crippen molar-refractivity contribution in [2.24, 2.45) is 0 Å². The summed E-state index contributed by atoms with van der Waals surface area (Å²) in [4.78, 5) is 15.3. The van der Waals surface area contributed by atoms with Crippen molar-refractivity contribution in [3.8, 4) is 11.1 Å². The Balaban J connectivity index is 2.50. The number of carboxylic acid groups (broad SMARTS) is 1. The first-order chi connectivity index (χ1) is 9.29. The molecule has 0 amide bonds. The average molecular weight is 270 g/mol. The van der Waals surface area contributed by atoms with Crippen molar-refractivity contribution in [1.82, 2.24) is 4.98 Å². The van der Waals surface area contributed by atoms with Crippen LogP contribution in [0.15, 0.2) is 36.5 Å². The largest absolute Gasteiger partial charge is 0.478 e. The van der Waals surface area contributed by atoms with Crippen LogP contribution < -0.4 is 5.73 Å². The molecule has 0 aliphatic heterocycles. The normalized spacial score (nSPS) is 11.3. The molecule has 0 bridgehead atoms. The number of benzene rings is 1. The number of nitrogens with two attached hydrogens (primary N) is 1. The number of hydrogen-bond donors (Lipinski definition) is 2. The number of carboxylic acids is 1. The lowest BCUT2D eigenvalue weighted by Crippen LogP contribution is -2.10. The van der Waals surface area contributed by atoms with Gasteiger partial charge in [0, 0.05) is 11.8 Å². The fraction of sp³-hybridized carbons (Fsp3) is 0.250. The van der Waals surface area contributed by atoms with E-state index in [2.05, 4.69) is 25.8 Å². The van der Waals surface area contributed by atoms with Crippen LogP contribution in [-0.4, -0.2) is 16.1 Å². The van der Waals surface area contributed by atoms with Crippen molar-refractivity contribution in [2.75, 3.05) is 5.73 Å². The predicted molar refractivity (Wildman–Crippen MR) is 79.7 cm³/mol. The van der Waals surface area contributed by atoms with Crippen molar-refractivity contribution in [3.63, 3.8) is 0 Å². The minimum Gasteiger partial charge on any atom is -0.478 e. The molecule has 0 saturated carbocycles. The number of pyridine rings is 1. The highest BCUT2D eigenvalue weighted by Crippen LogP contribution is 2.28. The third kappa shape index (κ3) is 2.79. The van der Waals surface area contributed by atoms with Gasteiger partial charge in [-0.3, -0.25) is 0 Å². The summed E-state index contributed by atoms with van der Waals surface area (Å²) in [6, 6.07) is 9.24. The van der Waals surface area contributed by atoms with Gasteiger partial charge in [-0.05, 0) is 22.6 Å². The zero-order valence-electron chi connectivity index (χ0n) is 11.8. The van der Waals surface area contributed by atoms with Gasteiger partial charge in [-0.2, -0.15) is 0 Å². The summed E-state index contributed by atoms with van der Waals surface area (Å²) in [7, 11) is 0. The highest BCUT2D eigenvalue weighted by molar-refractivity contribution is 5.96. The van der Waals surface area contributed by atoms with Gasteiger partial charge in [0.2, 0.25) is 0 Å². The number of aromatic carboxylic acids is 1. The lowest BCUT2D eigenvalue weighted by Gasteiger charge is -2.19. The van der Waals surface area contributed by atoms with E-state index in [4.69, 9.17) is 5.73 Å². The quantitative estimate of drug-likeness (QED) is 0.877. The van der Waals surface area contributed by atoms with E-state index in [1.807, 2.05) is 24.3 Å². The molecule has 1 aromatic carbocycles. The van der Waals surface area contributed by atoms with Crippen molar-refractivity contribution in [1.29, 1.82) is 0 Å².